The Hall–Kier alpha value is -3.96. The third-order valence-corrected chi connectivity index (χ3v) is 10.9. The number of aliphatic hydroxyl groups is 1. The van der Waals surface area contributed by atoms with Crippen LogP contribution in [0.5, 0.6) is 5.75 Å². The van der Waals surface area contributed by atoms with Gasteiger partial charge in [-0.15, -0.1) is 0 Å². The van der Waals surface area contributed by atoms with Gasteiger partial charge in [0.2, 0.25) is 0 Å². The van der Waals surface area contributed by atoms with Crippen LogP contribution in [0.15, 0.2) is 91.5 Å². The second kappa shape index (κ2) is 18.2. The minimum atomic E-state index is -0.528. The summed E-state index contributed by atoms with van der Waals surface area (Å²) in [6.45, 7) is 9.24. The zero-order chi connectivity index (χ0) is 34.6. The third kappa shape index (κ3) is 10.0. The summed E-state index contributed by atoms with van der Waals surface area (Å²) in [5.74, 6) is 2.77. The fourth-order valence-corrected chi connectivity index (χ4v) is 8.03. The van der Waals surface area contributed by atoms with Crippen molar-refractivity contribution in [3.8, 4) is 28.0 Å². The molecule has 0 aromatic heterocycles. The molecule has 5 heteroatoms. The number of carbonyl (C=O) groups excluding carboxylic acids is 2. The van der Waals surface area contributed by atoms with Crippen LogP contribution >= 0.6 is 0 Å². The van der Waals surface area contributed by atoms with Crippen molar-refractivity contribution in [1.29, 1.82) is 0 Å². The van der Waals surface area contributed by atoms with Gasteiger partial charge in [0, 0.05) is 6.08 Å². The number of rotatable bonds is 15. The maximum absolute atomic E-state index is 11.9. The maximum Gasteiger partial charge on any atom is 0.335 e. The van der Waals surface area contributed by atoms with E-state index < -0.39 is 11.9 Å². The number of hydrogen-bond acceptors (Lipinski definition) is 5. The minimum Gasteiger partial charge on any atom is -0.462 e. The maximum atomic E-state index is 11.9. The van der Waals surface area contributed by atoms with Crippen molar-refractivity contribution in [2.45, 2.75) is 96.3 Å². The van der Waals surface area contributed by atoms with E-state index >= 15 is 0 Å². The monoisotopic (exact) mass is 662 g/mol. The lowest BCUT2D eigenvalue weighted by Gasteiger charge is -2.38. The van der Waals surface area contributed by atoms with E-state index in [9.17, 15) is 9.59 Å². The number of carbonyl (C=O) groups is 2. The van der Waals surface area contributed by atoms with E-state index in [1.165, 1.54) is 92.9 Å². The first kappa shape index (κ1) is 36.3. The van der Waals surface area contributed by atoms with Crippen LogP contribution in [0.4, 0.5) is 0 Å². The Kier molecular flexibility index (Phi) is 13.5. The molecule has 0 aliphatic heterocycles. The molecule has 5 rings (SSSR count). The van der Waals surface area contributed by atoms with E-state index in [2.05, 4.69) is 62.5 Å². The molecular weight excluding hydrogens is 608 g/mol. The van der Waals surface area contributed by atoms with Crippen molar-refractivity contribution in [1.82, 2.24) is 0 Å². The van der Waals surface area contributed by atoms with Crippen LogP contribution in [0.25, 0.3) is 22.3 Å². The SMILES string of the molecule is C=CC(=O)Oc1ccc(-c2ccc(-c3ccc(CCCOC(=O)C(=C)CO)cc3C3CCC(C4CCC(CCCC)CC4)CC3)cc2)cc1. The fraction of sp³-hybridized carbons (Fsp3) is 0.455. The molecule has 49 heavy (non-hydrogen) atoms. The van der Waals surface area contributed by atoms with Gasteiger partial charge in [-0.1, -0.05) is 107 Å². The average molecular weight is 663 g/mol. The summed E-state index contributed by atoms with van der Waals surface area (Å²) < 4.78 is 10.5. The lowest BCUT2D eigenvalue weighted by Crippen LogP contribution is -2.25. The van der Waals surface area contributed by atoms with Gasteiger partial charge in [-0.2, -0.15) is 0 Å². The Bertz CT molecular complexity index is 1540. The highest BCUT2D eigenvalue weighted by Crippen LogP contribution is 2.46. The molecule has 2 aliphatic carbocycles. The van der Waals surface area contributed by atoms with Crippen LogP contribution < -0.4 is 4.74 Å². The van der Waals surface area contributed by atoms with Crippen molar-refractivity contribution in [2.24, 2.45) is 17.8 Å². The predicted octanol–water partition coefficient (Wildman–Crippen LogP) is 10.4. The molecule has 0 heterocycles. The van der Waals surface area contributed by atoms with E-state index in [1.807, 2.05) is 12.1 Å². The Morgan fingerprint density at radius 3 is 2.04 bits per heavy atom. The first-order valence-corrected chi connectivity index (χ1v) is 18.5. The smallest absolute Gasteiger partial charge is 0.335 e. The number of benzene rings is 3. The highest BCUT2D eigenvalue weighted by atomic mass is 16.5. The number of esters is 2. The summed E-state index contributed by atoms with van der Waals surface area (Å²) in [6, 6.07) is 23.2. The topological polar surface area (TPSA) is 72.8 Å². The van der Waals surface area contributed by atoms with Crippen LogP contribution in [0, 0.1) is 17.8 Å². The van der Waals surface area contributed by atoms with Crippen molar-refractivity contribution in [3.63, 3.8) is 0 Å². The highest BCUT2D eigenvalue weighted by Gasteiger charge is 2.32. The van der Waals surface area contributed by atoms with Gasteiger partial charge in [0.15, 0.2) is 0 Å². The molecule has 0 bridgehead atoms. The number of aliphatic hydroxyl groups excluding tert-OH is 1. The second-order valence-corrected chi connectivity index (χ2v) is 14.2. The van der Waals surface area contributed by atoms with Crippen molar-refractivity contribution in [3.05, 3.63) is 103 Å². The zero-order valence-corrected chi connectivity index (χ0v) is 29.3. The number of unbranched alkanes of at least 4 members (excludes halogenated alkanes) is 1. The van der Waals surface area contributed by atoms with Crippen LogP contribution in [-0.4, -0.2) is 30.3 Å². The van der Waals surface area contributed by atoms with E-state index in [4.69, 9.17) is 14.6 Å². The average Bonchev–Trinajstić information content (AvgIpc) is 3.15. The highest BCUT2D eigenvalue weighted by molar-refractivity contribution is 5.87. The lowest BCUT2D eigenvalue weighted by molar-refractivity contribution is -0.139. The Morgan fingerprint density at radius 1 is 0.816 bits per heavy atom. The normalized spacial score (nSPS) is 20.7. The molecule has 5 nitrogen and oxygen atoms in total. The molecule has 1 N–H and O–H groups in total. The van der Waals surface area contributed by atoms with Gasteiger partial charge in [0.1, 0.15) is 5.75 Å². The molecule has 2 saturated carbocycles. The molecule has 0 spiro atoms. The fourth-order valence-electron chi connectivity index (χ4n) is 8.03. The Labute approximate surface area is 293 Å². The molecule has 0 amide bonds. The van der Waals surface area contributed by atoms with Gasteiger partial charge >= 0.3 is 11.9 Å². The van der Waals surface area contributed by atoms with Crippen LogP contribution in [0.3, 0.4) is 0 Å². The van der Waals surface area contributed by atoms with E-state index in [1.54, 1.807) is 12.1 Å². The molecule has 3 aromatic carbocycles. The summed E-state index contributed by atoms with van der Waals surface area (Å²) in [4.78, 5) is 23.5. The van der Waals surface area contributed by atoms with Gasteiger partial charge < -0.3 is 14.6 Å². The molecule has 2 fully saturated rings. The van der Waals surface area contributed by atoms with Crippen molar-refractivity contribution >= 4 is 11.9 Å². The molecule has 260 valence electrons. The van der Waals surface area contributed by atoms with Crippen molar-refractivity contribution < 1.29 is 24.2 Å². The molecule has 0 saturated heterocycles. The van der Waals surface area contributed by atoms with E-state index in [0.29, 0.717) is 18.3 Å². The van der Waals surface area contributed by atoms with Gasteiger partial charge in [0.25, 0.3) is 0 Å². The van der Waals surface area contributed by atoms with Gasteiger partial charge in [-0.25, -0.2) is 9.59 Å². The minimum absolute atomic E-state index is 0.0869. The van der Waals surface area contributed by atoms with E-state index in [-0.39, 0.29) is 12.2 Å². The summed E-state index contributed by atoms with van der Waals surface area (Å²) in [5, 5.41) is 9.14. The molecule has 3 aromatic rings. The predicted molar refractivity (Wildman–Crippen MR) is 198 cm³/mol. The van der Waals surface area contributed by atoms with Crippen LogP contribution in [0.1, 0.15) is 101 Å². The molecule has 0 unspecified atom stereocenters. The van der Waals surface area contributed by atoms with Gasteiger partial charge in [-0.05, 0) is 121 Å². The first-order chi connectivity index (χ1) is 23.9. The largest absolute Gasteiger partial charge is 0.462 e. The molecule has 2 aliphatic rings. The summed E-state index contributed by atoms with van der Waals surface area (Å²) in [6.07, 6.45) is 17.7. The van der Waals surface area contributed by atoms with Gasteiger partial charge in [-0.3, -0.25) is 0 Å². The zero-order valence-electron chi connectivity index (χ0n) is 29.3. The number of aryl methyl sites for hydroxylation is 1. The number of ether oxygens (including phenoxy) is 2. The molecule has 0 radical (unpaired) electrons. The molecular formula is C44H54O5. The third-order valence-electron chi connectivity index (χ3n) is 10.9. The lowest BCUT2D eigenvalue weighted by atomic mass is 9.67. The van der Waals surface area contributed by atoms with Crippen molar-refractivity contribution in [2.75, 3.05) is 13.2 Å². The Morgan fingerprint density at radius 2 is 1.43 bits per heavy atom. The van der Waals surface area contributed by atoms with E-state index in [0.717, 1.165) is 47.8 Å². The summed E-state index contributed by atoms with van der Waals surface area (Å²) in [5.41, 5.74) is 7.46. The summed E-state index contributed by atoms with van der Waals surface area (Å²) in [7, 11) is 0. The summed E-state index contributed by atoms with van der Waals surface area (Å²) >= 11 is 0. The number of hydrogen-bond donors (Lipinski definition) is 1. The quantitative estimate of drug-likeness (QED) is 0.0759. The first-order valence-electron chi connectivity index (χ1n) is 18.5. The molecule has 0 atom stereocenters. The van der Waals surface area contributed by atoms with Gasteiger partial charge in [0.05, 0.1) is 18.8 Å². The van der Waals surface area contributed by atoms with Crippen LogP contribution in [-0.2, 0) is 20.7 Å². The Balaban J connectivity index is 1.28. The van der Waals surface area contributed by atoms with Crippen LogP contribution in [0.2, 0.25) is 0 Å². The standard InChI is InChI=1S/C44H54O5/c1-4-6-8-32-10-13-34(14-11-32)35-17-21-39(22-18-35)42-29-33(9-7-28-48-44(47)31(3)30-45)12-27-41(42)38-19-15-36(16-20-38)37-23-25-40(26-24-37)49-43(46)5-2/h5,12,15-16,19-20,23-27,29,32,34-35,39,45H,2-4,6-11,13-14,17-18,21-22,28,30H2,1H3. The second-order valence-electron chi connectivity index (χ2n) is 14.2.